The van der Waals surface area contributed by atoms with Gasteiger partial charge >= 0.3 is 6.09 Å². The smallest absolute Gasteiger partial charge is 0.410 e. The lowest BCUT2D eigenvalue weighted by Gasteiger charge is -1.95. The van der Waals surface area contributed by atoms with Crippen LogP contribution in [0, 0.1) is 5.41 Å². The van der Waals surface area contributed by atoms with Crippen molar-refractivity contribution in [2.24, 2.45) is 0 Å². The fourth-order valence-electron chi connectivity index (χ4n) is 1.56. The first-order valence-corrected chi connectivity index (χ1v) is 4.99. The summed E-state index contributed by atoms with van der Waals surface area (Å²) in [6.45, 7) is 0. The molecule has 0 saturated carbocycles. The molecule has 2 aromatic rings. The average molecular weight is 229 g/mol. The van der Waals surface area contributed by atoms with Crippen molar-refractivity contribution in [3.63, 3.8) is 0 Å². The van der Waals surface area contributed by atoms with E-state index in [1.807, 2.05) is 35.8 Å². The Kier molecular flexibility index (Phi) is 2.91. The molecule has 17 heavy (non-hydrogen) atoms. The summed E-state index contributed by atoms with van der Waals surface area (Å²) in [6.07, 6.45) is 3.68. The maximum absolute atomic E-state index is 10.3. The normalized spacial score (nSPS) is 10.8. The zero-order valence-electron chi connectivity index (χ0n) is 8.90. The second-order valence-electron chi connectivity index (χ2n) is 3.47. The van der Waals surface area contributed by atoms with Gasteiger partial charge in [0.2, 0.25) is 0 Å². The number of hydrogen-bond acceptors (Lipinski definition) is 2. The number of hydrogen-bond donors (Lipinski definition) is 4. The monoisotopic (exact) mass is 229 g/mol. The van der Waals surface area contributed by atoms with E-state index in [1.165, 1.54) is 6.08 Å². The first kappa shape index (κ1) is 10.9. The molecule has 0 aliphatic rings. The van der Waals surface area contributed by atoms with Crippen molar-refractivity contribution in [3.8, 4) is 0 Å². The summed E-state index contributed by atoms with van der Waals surface area (Å²) in [6, 6.07) is 7.77. The van der Waals surface area contributed by atoms with Gasteiger partial charge in [-0.25, -0.2) is 4.79 Å². The van der Waals surface area contributed by atoms with Crippen molar-refractivity contribution in [1.82, 2.24) is 10.3 Å². The van der Waals surface area contributed by atoms with Crippen LogP contribution in [-0.2, 0) is 0 Å². The van der Waals surface area contributed by atoms with Crippen molar-refractivity contribution in [2.45, 2.75) is 0 Å². The number of rotatable bonds is 2. The van der Waals surface area contributed by atoms with E-state index in [-0.39, 0.29) is 5.84 Å². The van der Waals surface area contributed by atoms with Gasteiger partial charge in [-0.15, -0.1) is 0 Å². The summed E-state index contributed by atoms with van der Waals surface area (Å²) in [5, 5.41) is 18.8. The molecule has 0 aliphatic heterocycles. The average Bonchev–Trinajstić information content (AvgIpc) is 2.69. The number of nitrogens with one attached hydrogen (secondary N) is 3. The van der Waals surface area contributed by atoms with Gasteiger partial charge < -0.3 is 10.1 Å². The predicted molar refractivity (Wildman–Crippen MR) is 66.2 cm³/mol. The number of carboxylic acid groups (broad SMARTS) is 1. The number of para-hydroxylation sites is 1. The van der Waals surface area contributed by atoms with Gasteiger partial charge in [0.05, 0.1) is 0 Å². The highest BCUT2D eigenvalue weighted by atomic mass is 16.4. The number of aromatic nitrogens is 1. The van der Waals surface area contributed by atoms with Crippen molar-refractivity contribution in [3.05, 3.63) is 42.1 Å². The second-order valence-corrected chi connectivity index (χ2v) is 3.47. The lowest BCUT2D eigenvalue weighted by atomic mass is 10.1. The van der Waals surface area contributed by atoms with Crippen LogP contribution < -0.4 is 5.32 Å². The van der Waals surface area contributed by atoms with E-state index in [1.54, 1.807) is 6.08 Å². The Hall–Kier alpha value is -2.56. The number of fused-ring (bicyclic) bond motifs is 1. The molecule has 1 amide bonds. The SMILES string of the molecule is N=C(C=Cc1c[nH]c2ccccc12)NC(=O)O. The van der Waals surface area contributed by atoms with Gasteiger partial charge in [0.1, 0.15) is 5.84 Å². The van der Waals surface area contributed by atoms with Crippen LogP contribution in [-0.4, -0.2) is 22.0 Å². The Morgan fingerprint density at radius 3 is 2.94 bits per heavy atom. The molecule has 4 N–H and O–H groups in total. The molecule has 5 heteroatoms. The molecule has 0 radical (unpaired) electrons. The number of H-pyrrole nitrogens is 1. The molecule has 0 atom stereocenters. The Bertz CT molecular complexity index is 599. The molecule has 86 valence electrons. The summed E-state index contributed by atoms with van der Waals surface area (Å²) in [7, 11) is 0. The second kappa shape index (κ2) is 4.52. The maximum Gasteiger partial charge on any atom is 0.410 e. The summed E-state index contributed by atoms with van der Waals surface area (Å²) >= 11 is 0. The van der Waals surface area contributed by atoms with E-state index in [9.17, 15) is 4.79 Å². The van der Waals surface area contributed by atoms with Crippen molar-refractivity contribution >= 4 is 28.9 Å². The van der Waals surface area contributed by atoms with Crippen LogP contribution in [0.15, 0.2) is 36.5 Å². The number of carbonyl (C=O) groups is 1. The van der Waals surface area contributed by atoms with Gasteiger partial charge in [-0.1, -0.05) is 18.2 Å². The third-order valence-corrected chi connectivity index (χ3v) is 2.29. The summed E-state index contributed by atoms with van der Waals surface area (Å²) < 4.78 is 0. The van der Waals surface area contributed by atoms with Crippen LogP contribution in [0.5, 0.6) is 0 Å². The third-order valence-electron chi connectivity index (χ3n) is 2.29. The molecule has 1 aromatic carbocycles. The standard InChI is InChI=1S/C12H11N3O2/c13-11(15-12(16)17)6-5-8-7-14-10-4-2-1-3-9(8)10/h1-7,14H,(H2,13,15)(H,16,17). The van der Waals surface area contributed by atoms with Crippen LogP contribution in [0.3, 0.4) is 0 Å². The Morgan fingerprint density at radius 2 is 2.18 bits per heavy atom. The van der Waals surface area contributed by atoms with Crippen molar-refractivity contribution in [1.29, 1.82) is 5.41 Å². The minimum atomic E-state index is -1.24. The van der Waals surface area contributed by atoms with Gasteiger partial charge in [0.15, 0.2) is 0 Å². The molecule has 0 saturated heterocycles. The van der Waals surface area contributed by atoms with E-state index >= 15 is 0 Å². The molecule has 0 spiro atoms. The van der Waals surface area contributed by atoms with Crippen LogP contribution in [0.25, 0.3) is 17.0 Å². The van der Waals surface area contributed by atoms with Crippen molar-refractivity contribution < 1.29 is 9.90 Å². The fraction of sp³-hybridized carbons (Fsp3) is 0. The van der Waals surface area contributed by atoms with Crippen LogP contribution in [0.4, 0.5) is 4.79 Å². The molecule has 0 bridgehead atoms. The first-order chi connectivity index (χ1) is 8.16. The van der Waals surface area contributed by atoms with E-state index in [2.05, 4.69) is 4.98 Å². The molecule has 5 nitrogen and oxygen atoms in total. The maximum atomic E-state index is 10.3. The van der Waals surface area contributed by atoms with Gasteiger partial charge in [-0.05, 0) is 23.8 Å². The Morgan fingerprint density at radius 1 is 1.41 bits per heavy atom. The van der Waals surface area contributed by atoms with Crippen molar-refractivity contribution in [2.75, 3.05) is 0 Å². The van der Waals surface area contributed by atoms with E-state index in [0.717, 1.165) is 16.5 Å². The van der Waals surface area contributed by atoms with E-state index in [4.69, 9.17) is 10.5 Å². The zero-order valence-corrected chi connectivity index (χ0v) is 8.90. The molecule has 2 rings (SSSR count). The Balaban J connectivity index is 2.21. The lowest BCUT2D eigenvalue weighted by Crippen LogP contribution is -2.25. The molecule has 1 heterocycles. The minimum Gasteiger partial charge on any atom is -0.465 e. The molecule has 1 aromatic heterocycles. The largest absolute Gasteiger partial charge is 0.465 e. The highest BCUT2D eigenvalue weighted by Crippen LogP contribution is 2.18. The summed E-state index contributed by atoms with van der Waals surface area (Å²) in [4.78, 5) is 13.4. The van der Waals surface area contributed by atoms with Gasteiger partial charge in [-0.3, -0.25) is 10.7 Å². The number of benzene rings is 1. The predicted octanol–water partition coefficient (Wildman–Crippen LogP) is 2.43. The van der Waals surface area contributed by atoms with Gasteiger partial charge in [0, 0.05) is 17.1 Å². The quantitative estimate of drug-likeness (QED) is 0.470. The molecular formula is C12H11N3O2. The van der Waals surface area contributed by atoms with Gasteiger partial charge in [-0.2, -0.15) is 0 Å². The molecule has 0 unspecified atom stereocenters. The molecule has 0 aliphatic carbocycles. The lowest BCUT2D eigenvalue weighted by molar-refractivity contribution is 0.200. The van der Waals surface area contributed by atoms with Gasteiger partial charge in [0.25, 0.3) is 0 Å². The van der Waals surface area contributed by atoms with E-state index in [0.29, 0.717) is 0 Å². The summed E-state index contributed by atoms with van der Waals surface area (Å²) in [5.74, 6) is -0.164. The number of amides is 1. The highest BCUT2D eigenvalue weighted by molar-refractivity contribution is 6.03. The number of amidine groups is 1. The van der Waals surface area contributed by atoms with Crippen LogP contribution in [0.1, 0.15) is 5.56 Å². The third kappa shape index (κ3) is 2.52. The Labute approximate surface area is 97.3 Å². The summed E-state index contributed by atoms with van der Waals surface area (Å²) in [5.41, 5.74) is 1.92. The van der Waals surface area contributed by atoms with Crippen LogP contribution in [0.2, 0.25) is 0 Å². The fourth-order valence-corrected chi connectivity index (χ4v) is 1.56. The zero-order chi connectivity index (χ0) is 12.3. The van der Waals surface area contributed by atoms with E-state index < -0.39 is 6.09 Å². The minimum absolute atomic E-state index is 0.164. The molecular weight excluding hydrogens is 218 g/mol. The topological polar surface area (TPSA) is 89.0 Å². The highest BCUT2D eigenvalue weighted by Gasteiger charge is 2.00. The molecule has 0 fully saturated rings. The van der Waals surface area contributed by atoms with Crippen LogP contribution >= 0.6 is 0 Å². The number of aromatic amines is 1. The first-order valence-electron chi connectivity index (χ1n) is 4.99.